The van der Waals surface area contributed by atoms with Crippen LogP contribution in [0.2, 0.25) is 5.02 Å². The van der Waals surface area contributed by atoms with Gasteiger partial charge in [-0.1, -0.05) is 29.8 Å². The summed E-state index contributed by atoms with van der Waals surface area (Å²) >= 11 is 7.48. The van der Waals surface area contributed by atoms with Crippen molar-refractivity contribution in [2.24, 2.45) is 0 Å². The Bertz CT molecular complexity index is 1050. The Morgan fingerprint density at radius 2 is 1.93 bits per heavy atom. The number of halogens is 1. The molecule has 142 valence electrons. The molecule has 1 atom stereocenters. The number of allylic oxidation sites excluding steroid dienone is 2. The summed E-state index contributed by atoms with van der Waals surface area (Å²) in [6, 6.07) is 9.34. The zero-order chi connectivity index (χ0) is 19.7. The zero-order valence-electron chi connectivity index (χ0n) is 15.2. The molecule has 0 bridgehead atoms. The molecule has 4 rings (SSSR count). The number of aromatic nitrogens is 4. The number of nitrogens with zero attached hydrogens (tertiary/aromatic N) is 4. The van der Waals surface area contributed by atoms with E-state index in [1.165, 1.54) is 16.4 Å². The lowest BCUT2D eigenvalue weighted by atomic mass is 9.83. The Balaban J connectivity index is 1.79. The second kappa shape index (κ2) is 7.77. The van der Waals surface area contributed by atoms with Crippen LogP contribution in [0.3, 0.4) is 0 Å². The van der Waals surface area contributed by atoms with E-state index in [2.05, 4.69) is 21.1 Å². The van der Waals surface area contributed by atoms with Crippen molar-refractivity contribution in [1.82, 2.24) is 19.7 Å². The van der Waals surface area contributed by atoms with Crippen LogP contribution < -0.4 is 5.73 Å². The van der Waals surface area contributed by atoms with Gasteiger partial charge in [-0.3, -0.25) is 4.79 Å². The number of anilines is 1. The highest BCUT2D eigenvalue weighted by molar-refractivity contribution is 7.98. The summed E-state index contributed by atoms with van der Waals surface area (Å²) in [4.78, 5) is 21.0. The number of hydrogen-bond acceptors (Lipinski definition) is 6. The zero-order valence-corrected chi connectivity index (χ0v) is 16.7. The Morgan fingerprint density at radius 3 is 2.61 bits per heavy atom. The number of hydrogen-bond donors (Lipinski definition) is 1. The third kappa shape index (κ3) is 3.55. The summed E-state index contributed by atoms with van der Waals surface area (Å²) in [5.74, 6) is 0.997. The number of rotatable bonds is 4. The van der Waals surface area contributed by atoms with E-state index < -0.39 is 0 Å². The van der Waals surface area contributed by atoms with Crippen molar-refractivity contribution >= 4 is 40.5 Å². The molecule has 1 unspecified atom stereocenters. The summed E-state index contributed by atoms with van der Waals surface area (Å²) in [5, 5.41) is 5.99. The number of carbonyl (C=O) groups is 1. The summed E-state index contributed by atoms with van der Waals surface area (Å²) in [6.45, 7) is 0. The average molecular weight is 412 g/mol. The number of carbonyl (C=O) groups excluding carboxylic acids is 1. The minimum absolute atomic E-state index is 0.0149. The van der Waals surface area contributed by atoms with Crippen LogP contribution in [-0.4, -0.2) is 31.8 Å². The predicted octanol–water partition coefficient (Wildman–Crippen LogP) is 4.15. The highest BCUT2D eigenvalue weighted by Crippen LogP contribution is 2.40. The fraction of sp³-hybridized carbons (Fsp3) is 0.200. The Morgan fingerprint density at radius 1 is 1.21 bits per heavy atom. The van der Waals surface area contributed by atoms with E-state index in [1.807, 2.05) is 30.5 Å². The van der Waals surface area contributed by atoms with Gasteiger partial charge in [0.15, 0.2) is 0 Å². The first kappa shape index (κ1) is 18.7. The van der Waals surface area contributed by atoms with Crippen molar-refractivity contribution < 1.29 is 4.79 Å². The molecule has 0 radical (unpaired) electrons. The predicted molar refractivity (Wildman–Crippen MR) is 112 cm³/mol. The van der Waals surface area contributed by atoms with Gasteiger partial charge in [-0.2, -0.15) is 9.78 Å². The molecule has 1 aliphatic carbocycles. The standard InChI is InChI=1S/C20H18ClN5OS/c1-28-19-17(18(22)26(25-19)20-23-7-2-8-24-20)14-9-13(10-16(27)11-14)12-3-5-15(21)6-4-12/h2-9,13H,10-11,22H2,1H3. The van der Waals surface area contributed by atoms with Crippen LogP contribution in [0.15, 0.2) is 53.8 Å². The molecular formula is C20H18ClN5OS. The first-order chi connectivity index (χ1) is 13.6. The van der Waals surface area contributed by atoms with Crippen LogP contribution >= 0.6 is 23.4 Å². The number of nitrogen functional groups attached to an aromatic ring is 1. The number of benzene rings is 1. The molecule has 6 nitrogen and oxygen atoms in total. The molecule has 2 N–H and O–H groups in total. The first-order valence-corrected chi connectivity index (χ1v) is 10.3. The molecule has 0 saturated carbocycles. The molecule has 0 spiro atoms. The van der Waals surface area contributed by atoms with Gasteiger partial charge in [-0.25, -0.2) is 9.97 Å². The average Bonchev–Trinajstić information content (AvgIpc) is 3.05. The van der Waals surface area contributed by atoms with E-state index in [1.54, 1.807) is 18.5 Å². The van der Waals surface area contributed by atoms with E-state index >= 15 is 0 Å². The normalized spacial score (nSPS) is 16.9. The maximum atomic E-state index is 12.5. The fourth-order valence-corrected chi connectivity index (χ4v) is 4.12. The van der Waals surface area contributed by atoms with Gasteiger partial charge in [0.1, 0.15) is 16.6 Å². The fourth-order valence-electron chi connectivity index (χ4n) is 3.39. The Hall–Kier alpha value is -2.64. The summed E-state index contributed by atoms with van der Waals surface area (Å²) in [7, 11) is 0. The number of thioether (sulfide) groups is 1. The van der Waals surface area contributed by atoms with Crippen LogP contribution in [0.1, 0.15) is 29.9 Å². The first-order valence-electron chi connectivity index (χ1n) is 8.75. The van der Waals surface area contributed by atoms with Crippen LogP contribution in [0, 0.1) is 0 Å². The lowest BCUT2D eigenvalue weighted by Gasteiger charge is -2.21. The molecule has 0 saturated heterocycles. The van der Waals surface area contributed by atoms with E-state index in [4.69, 9.17) is 17.3 Å². The van der Waals surface area contributed by atoms with Crippen molar-refractivity contribution in [1.29, 1.82) is 0 Å². The van der Waals surface area contributed by atoms with Gasteiger partial charge in [0.2, 0.25) is 0 Å². The molecule has 3 aromatic rings. The molecule has 0 aliphatic heterocycles. The number of ketones is 1. The van der Waals surface area contributed by atoms with Gasteiger partial charge in [0.25, 0.3) is 5.95 Å². The molecule has 0 amide bonds. The van der Waals surface area contributed by atoms with Gasteiger partial charge < -0.3 is 5.73 Å². The van der Waals surface area contributed by atoms with Crippen LogP contribution in [0.5, 0.6) is 0 Å². The van der Waals surface area contributed by atoms with Crippen molar-refractivity contribution in [2.75, 3.05) is 12.0 Å². The van der Waals surface area contributed by atoms with Crippen molar-refractivity contribution in [3.63, 3.8) is 0 Å². The number of nitrogens with two attached hydrogens (primary N) is 1. The quantitative estimate of drug-likeness (QED) is 0.649. The minimum atomic E-state index is -0.0149. The van der Waals surface area contributed by atoms with E-state index in [0.29, 0.717) is 29.6 Å². The van der Waals surface area contributed by atoms with E-state index in [-0.39, 0.29) is 11.7 Å². The summed E-state index contributed by atoms with van der Waals surface area (Å²) in [6.07, 6.45) is 8.14. The summed E-state index contributed by atoms with van der Waals surface area (Å²) in [5.41, 5.74) is 9.16. The highest BCUT2D eigenvalue weighted by Gasteiger charge is 2.27. The van der Waals surface area contributed by atoms with Gasteiger partial charge in [0.05, 0.1) is 5.56 Å². The summed E-state index contributed by atoms with van der Waals surface area (Å²) < 4.78 is 1.53. The van der Waals surface area contributed by atoms with Crippen LogP contribution in [0.4, 0.5) is 5.82 Å². The van der Waals surface area contributed by atoms with Crippen molar-refractivity contribution in [3.8, 4) is 5.95 Å². The molecule has 28 heavy (non-hydrogen) atoms. The van der Waals surface area contributed by atoms with Gasteiger partial charge in [-0.15, -0.1) is 11.8 Å². The Kier molecular flexibility index (Phi) is 5.19. The second-order valence-electron chi connectivity index (χ2n) is 6.50. The molecule has 2 heterocycles. The topological polar surface area (TPSA) is 86.7 Å². The molecule has 0 fully saturated rings. The SMILES string of the molecule is CSc1nn(-c2ncccn2)c(N)c1C1=CC(c2ccc(Cl)cc2)CC(=O)C1. The van der Waals surface area contributed by atoms with Crippen molar-refractivity contribution in [3.05, 3.63) is 65.0 Å². The van der Waals surface area contributed by atoms with Gasteiger partial charge in [-0.05, 0) is 35.6 Å². The third-order valence-electron chi connectivity index (χ3n) is 4.68. The maximum absolute atomic E-state index is 12.5. The molecular weight excluding hydrogens is 394 g/mol. The van der Waals surface area contributed by atoms with Gasteiger partial charge in [0, 0.05) is 36.2 Å². The second-order valence-corrected chi connectivity index (χ2v) is 7.73. The highest BCUT2D eigenvalue weighted by atomic mass is 35.5. The number of Topliss-reactive ketones (excluding diaryl/α,β-unsaturated/α-hetero) is 1. The van der Waals surface area contributed by atoms with Gasteiger partial charge >= 0.3 is 0 Å². The van der Waals surface area contributed by atoms with Crippen LogP contribution in [-0.2, 0) is 4.79 Å². The molecule has 2 aromatic heterocycles. The Labute approximate surface area is 171 Å². The van der Waals surface area contributed by atoms with E-state index in [9.17, 15) is 4.79 Å². The molecule has 1 aliphatic rings. The largest absolute Gasteiger partial charge is 0.383 e. The smallest absolute Gasteiger partial charge is 0.252 e. The lowest BCUT2D eigenvalue weighted by molar-refractivity contribution is -0.118. The maximum Gasteiger partial charge on any atom is 0.252 e. The van der Waals surface area contributed by atoms with Crippen LogP contribution in [0.25, 0.3) is 11.5 Å². The van der Waals surface area contributed by atoms with Crippen molar-refractivity contribution in [2.45, 2.75) is 23.8 Å². The molecule has 8 heteroatoms. The monoisotopic (exact) mass is 411 g/mol. The van der Waals surface area contributed by atoms with E-state index in [0.717, 1.165) is 21.7 Å². The molecule has 1 aromatic carbocycles. The third-order valence-corrected chi connectivity index (χ3v) is 5.61. The lowest BCUT2D eigenvalue weighted by Crippen LogP contribution is -2.13. The minimum Gasteiger partial charge on any atom is -0.383 e.